The van der Waals surface area contributed by atoms with E-state index in [2.05, 4.69) is 27.0 Å². The van der Waals surface area contributed by atoms with E-state index in [1.165, 1.54) is 24.1 Å². The molecule has 1 saturated heterocycles. The van der Waals surface area contributed by atoms with Crippen molar-refractivity contribution in [2.45, 2.75) is 32.2 Å². The molecular weight excluding hydrogens is 476 g/mol. The van der Waals surface area contributed by atoms with Crippen LogP contribution in [0.1, 0.15) is 35.6 Å². The van der Waals surface area contributed by atoms with Gasteiger partial charge in [-0.25, -0.2) is 18.7 Å². The van der Waals surface area contributed by atoms with Gasteiger partial charge in [0, 0.05) is 36.3 Å². The molecule has 37 heavy (non-hydrogen) atoms. The average molecular weight is 506 g/mol. The Morgan fingerprint density at radius 2 is 1.89 bits per heavy atom. The zero-order chi connectivity index (χ0) is 26.3. The molecule has 1 aliphatic heterocycles. The van der Waals surface area contributed by atoms with Gasteiger partial charge in [-0.05, 0) is 69.1 Å². The molecule has 3 N–H and O–H groups in total. The number of pyridine rings is 1. The molecule has 9 heteroatoms. The van der Waals surface area contributed by atoms with Crippen LogP contribution in [-0.2, 0) is 11.3 Å². The fourth-order valence-corrected chi connectivity index (χ4v) is 5.04. The van der Waals surface area contributed by atoms with Gasteiger partial charge in [-0.2, -0.15) is 0 Å². The summed E-state index contributed by atoms with van der Waals surface area (Å²) >= 11 is 0. The fourth-order valence-electron chi connectivity index (χ4n) is 5.04. The van der Waals surface area contributed by atoms with Crippen molar-refractivity contribution in [3.05, 3.63) is 75.3 Å². The van der Waals surface area contributed by atoms with E-state index in [-0.39, 0.29) is 33.5 Å². The monoisotopic (exact) mass is 505 g/mol. The summed E-state index contributed by atoms with van der Waals surface area (Å²) in [4.78, 5) is 25.7. The molecule has 2 aromatic carbocycles. The Hall–Kier alpha value is -3.69. The molecule has 0 amide bonds. The summed E-state index contributed by atoms with van der Waals surface area (Å²) in [5.74, 6) is -1.03. The quantitative estimate of drug-likeness (QED) is 0.405. The van der Waals surface area contributed by atoms with Gasteiger partial charge in [0.05, 0.1) is 23.0 Å². The summed E-state index contributed by atoms with van der Waals surface area (Å²) in [6.07, 6.45) is 3.55. The standard InChI is InChI=1S/C28H29F2N5O2/c1-15-25(30)21-11-18(12-22(29)24(21)28(36)33-15)26-27(31)32-13-23(34-26)17-4-5-20(16-6-8-37-9-7-16)19(10-17)14-35(2)3/h4-5,10-13,16H,6-9,14H2,1-3H3,(H2,31,32)(H,33,36). The summed E-state index contributed by atoms with van der Waals surface area (Å²) in [6, 6.07) is 8.80. The third kappa shape index (κ3) is 4.84. The summed E-state index contributed by atoms with van der Waals surface area (Å²) in [7, 11) is 4.06. The second-order valence-electron chi connectivity index (χ2n) is 9.80. The first-order valence-corrected chi connectivity index (χ1v) is 12.2. The first-order chi connectivity index (χ1) is 17.7. The molecule has 7 nitrogen and oxygen atoms in total. The lowest BCUT2D eigenvalue weighted by molar-refractivity contribution is 0.0850. The van der Waals surface area contributed by atoms with Crippen molar-refractivity contribution in [3.8, 4) is 22.5 Å². The van der Waals surface area contributed by atoms with E-state index in [4.69, 9.17) is 15.5 Å². The van der Waals surface area contributed by atoms with Gasteiger partial charge in [0.1, 0.15) is 23.1 Å². The van der Waals surface area contributed by atoms with Crippen molar-refractivity contribution < 1.29 is 13.5 Å². The number of nitrogens with one attached hydrogen (secondary N) is 1. The Morgan fingerprint density at radius 1 is 1.14 bits per heavy atom. The number of nitrogen functional groups attached to an aromatic ring is 1. The topological polar surface area (TPSA) is 97.1 Å². The minimum Gasteiger partial charge on any atom is -0.382 e. The van der Waals surface area contributed by atoms with Crippen LogP contribution in [-0.4, -0.2) is 47.2 Å². The number of nitrogens with two attached hydrogens (primary N) is 1. The maximum Gasteiger partial charge on any atom is 0.259 e. The highest BCUT2D eigenvalue weighted by Crippen LogP contribution is 2.34. The van der Waals surface area contributed by atoms with Crippen LogP contribution < -0.4 is 11.3 Å². The molecule has 0 spiro atoms. The molecule has 0 unspecified atom stereocenters. The number of hydrogen-bond acceptors (Lipinski definition) is 6. The zero-order valence-corrected chi connectivity index (χ0v) is 21.1. The van der Waals surface area contributed by atoms with E-state index >= 15 is 0 Å². The second-order valence-corrected chi connectivity index (χ2v) is 9.80. The smallest absolute Gasteiger partial charge is 0.259 e. The first kappa shape index (κ1) is 25.0. The third-order valence-electron chi connectivity index (χ3n) is 6.84. The summed E-state index contributed by atoms with van der Waals surface area (Å²) in [5.41, 5.74) is 9.84. The van der Waals surface area contributed by atoms with E-state index in [0.717, 1.165) is 44.2 Å². The van der Waals surface area contributed by atoms with E-state index in [1.807, 2.05) is 20.2 Å². The normalized spacial score (nSPS) is 14.5. The van der Waals surface area contributed by atoms with Crippen LogP contribution in [0.15, 0.2) is 41.3 Å². The Morgan fingerprint density at radius 3 is 2.62 bits per heavy atom. The molecule has 4 aromatic rings. The number of ether oxygens (including phenoxy) is 1. The molecule has 3 heterocycles. The molecule has 1 aliphatic rings. The highest BCUT2D eigenvalue weighted by Gasteiger charge is 2.21. The number of fused-ring (bicyclic) bond motifs is 1. The molecule has 0 aliphatic carbocycles. The molecule has 0 bridgehead atoms. The van der Waals surface area contributed by atoms with Gasteiger partial charge in [-0.3, -0.25) is 4.79 Å². The summed E-state index contributed by atoms with van der Waals surface area (Å²) in [6.45, 7) is 3.70. The molecule has 2 aromatic heterocycles. The van der Waals surface area contributed by atoms with Gasteiger partial charge in [-0.15, -0.1) is 0 Å². The minimum atomic E-state index is -0.853. The molecular formula is C28H29F2N5O2. The number of hydrogen-bond donors (Lipinski definition) is 2. The molecule has 0 radical (unpaired) electrons. The van der Waals surface area contributed by atoms with Crippen LogP contribution in [0.3, 0.4) is 0 Å². The maximum atomic E-state index is 15.0. The van der Waals surface area contributed by atoms with Crippen molar-refractivity contribution in [1.82, 2.24) is 19.9 Å². The van der Waals surface area contributed by atoms with Crippen LogP contribution >= 0.6 is 0 Å². The maximum absolute atomic E-state index is 15.0. The second kappa shape index (κ2) is 9.99. The number of aryl methyl sites for hydroxylation is 1. The number of rotatable bonds is 5. The minimum absolute atomic E-state index is 0.0277. The Bertz CT molecular complexity index is 1540. The van der Waals surface area contributed by atoms with E-state index in [1.54, 1.807) is 6.20 Å². The van der Waals surface area contributed by atoms with Crippen molar-refractivity contribution in [2.24, 2.45) is 0 Å². The SMILES string of the molecule is Cc1[nH]c(=O)c2c(F)cc(-c3nc(-c4ccc(C5CCOCC5)c(CN(C)C)c4)cnc3N)cc2c1F. The van der Waals surface area contributed by atoms with Crippen molar-refractivity contribution in [1.29, 1.82) is 0 Å². The lowest BCUT2D eigenvalue weighted by Crippen LogP contribution is -2.18. The summed E-state index contributed by atoms with van der Waals surface area (Å²) < 4.78 is 35.3. The predicted molar refractivity (Wildman–Crippen MR) is 140 cm³/mol. The molecule has 0 saturated carbocycles. The van der Waals surface area contributed by atoms with Crippen molar-refractivity contribution in [2.75, 3.05) is 33.0 Å². The molecule has 1 fully saturated rings. The van der Waals surface area contributed by atoms with Crippen molar-refractivity contribution >= 4 is 16.6 Å². The van der Waals surface area contributed by atoms with Gasteiger partial charge >= 0.3 is 0 Å². The fraction of sp³-hybridized carbons (Fsp3) is 0.321. The van der Waals surface area contributed by atoms with Crippen LogP contribution in [0, 0.1) is 18.6 Å². The molecule has 192 valence electrons. The van der Waals surface area contributed by atoms with Crippen LogP contribution in [0.25, 0.3) is 33.3 Å². The first-order valence-electron chi connectivity index (χ1n) is 12.2. The number of benzene rings is 2. The highest BCUT2D eigenvalue weighted by atomic mass is 19.1. The van der Waals surface area contributed by atoms with Gasteiger partial charge in [0.2, 0.25) is 0 Å². The van der Waals surface area contributed by atoms with Gasteiger partial charge in [-0.1, -0.05) is 12.1 Å². The lowest BCUT2D eigenvalue weighted by atomic mass is 9.87. The van der Waals surface area contributed by atoms with Crippen LogP contribution in [0.2, 0.25) is 0 Å². The number of anilines is 1. The summed E-state index contributed by atoms with van der Waals surface area (Å²) in [5, 5.41) is -0.469. The van der Waals surface area contributed by atoms with Crippen LogP contribution in [0.5, 0.6) is 0 Å². The zero-order valence-electron chi connectivity index (χ0n) is 21.1. The van der Waals surface area contributed by atoms with E-state index in [9.17, 15) is 13.6 Å². The Kier molecular flexibility index (Phi) is 6.74. The molecule has 5 rings (SSSR count). The van der Waals surface area contributed by atoms with Crippen molar-refractivity contribution in [3.63, 3.8) is 0 Å². The largest absolute Gasteiger partial charge is 0.382 e. The number of aromatic nitrogens is 3. The highest BCUT2D eigenvalue weighted by molar-refractivity contribution is 5.89. The number of halogens is 2. The van der Waals surface area contributed by atoms with Crippen LogP contribution in [0.4, 0.5) is 14.6 Å². The van der Waals surface area contributed by atoms with Gasteiger partial charge in [0.25, 0.3) is 5.56 Å². The Balaban J connectivity index is 1.61. The lowest BCUT2D eigenvalue weighted by Gasteiger charge is -2.26. The molecule has 0 atom stereocenters. The number of nitrogens with zero attached hydrogens (tertiary/aromatic N) is 3. The van der Waals surface area contributed by atoms with Gasteiger partial charge in [0.15, 0.2) is 0 Å². The van der Waals surface area contributed by atoms with Gasteiger partial charge < -0.3 is 20.4 Å². The number of H-pyrrole nitrogens is 1. The van der Waals surface area contributed by atoms with E-state index < -0.39 is 17.2 Å². The third-order valence-corrected chi connectivity index (χ3v) is 6.84. The Labute approximate surface area is 213 Å². The number of aromatic amines is 1. The average Bonchev–Trinajstić information content (AvgIpc) is 2.87. The predicted octanol–water partition coefficient (Wildman–Crippen LogP) is 4.78. The van der Waals surface area contributed by atoms with E-state index in [0.29, 0.717) is 11.6 Å².